The van der Waals surface area contributed by atoms with Gasteiger partial charge in [-0.1, -0.05) is 12.1 Å². The van der Waals surface area contributed by atoms with Crippen LogP contribution in [0, 0.1) is 6.92 Å². The molecule has 22 heavy (non-hydrogen) atoms. The van der Waals surface area contributed by atoms with E-state index in [0.717, 1.165) is 11.3 Å². The first kappa shape index (κ1) is 16.1. The van der Waals surface area contributed by atoms with Crippen molar-refractivity contribution < 1.29 is 17.9 Å². The van der Waals surface area contributed by atoms with E-state index < -0.39 is 6.36 Å². The number of aryl methyl sites for hydroxylation is 1. The molecule has 2 aromatic rings. The summed E-state index contributed by atoms with van der Waals surface area (Å²) in [6.07, 6.45) is -4.70. The second-order valence-electron chi connectivity index (χ2n) is 4.52. The predicted molar refractivity (Wildman–Crippen MR) is 84.1 cm³/mol. The van der Waals surface area contributed by atoms with Gasteiger partial charge < -0.3 is 15.4 Å². The molecule has 0 heterocycles. The number of benzene rings is 2. The Morgan fingerprint density at radius 1 is 1.00 bits per heavy atom. The summed E-state index contributed by atoms with van der Waals surface area (Å²) in [6.45, 7) is 1.96. The average Bonchev–Trinajstić information content (AvgIpc) is 2.39. The van der Waals surface area contributed by atoms with Gasteiger partial charge in [0.05, 0.1) is 0 Å². The molecule has 0 amide bonds. The number of rotatable bonds is 3. The second-order valence-corrected chi connectivity index (χ2v) is 4.93. The summed E-state index contributed by atoms with van der Waals surface area (Å²) in [4.78, 5) is 0. The molecule has 0 aliphatic rings. The van der Waals surface area contributed by atoms with E-state index in [1.54, 1.807) is 0 Å². The molecule has 7 heteroatoms. The summed E-state index contributed by atoms with van der Waals surface area (Å²) >= 11 is 5.15. The molecule has 0 saturated carbocycles. The molecule has 0 atom stereocenters. The molecule has 2 rings (SSSR count). The van der Waals surface area contributed by atoms with Crippen LogP contribution in [0.4, 0.5) is 24.5 Å². The van der Waals surface area contributed by atoms with Gasteiger partial charge in [0.15, 0.2) is 5.11 Å². The number of alkyl halides is 3. The van der Waals surface area contributed by atoms with Gasteiger partial charge in [0.2, 0.25) is 0 Å². The number of hydrogen-bond donors (Lipinski definition) is 2. The van der Waals surface area contributed by atoms with E-state index in [9.17, 15) is 13.2 Å². The fourth-order valence-corrected chi connectivity index (χ4v) is 1.99. The average molecular weight is 326 g/mol. The van der Waals surface area contributed by atoms with Crippen LogP contribution in [0.15, 0.2) is 48.5 Å². The first-order valence-electron chi connectivity index (χ1n) is 6.32. The van der Waals surface area contributed by atoms with Gasteiger partial charge in [-0.3, -0.25) is 0 Å². The maximum Gasteiger partial charge on any atom is 0.573 e. The van der Waals surface area contributed by atoms with Gasteiger partial charge in [-0.15, -0.1) is 13.2 Å². The lowest BCUT2D eigenvalue weighted by molar-refractivity contribution is -0.274. The Labute approximate surface area is 131 Å². The zero-order valence-electron chi connectivity index (χ0n) is 11.6. The second kappa shape index (κ2) is 6.65. The van der Waals surface area contributed by atoms with Gasteiger partial charge in [0.1, 0.15) is 5.75 Å². The van der Waals surface area contributed by atoms with Crippen molar-refractivity contribution in [2.24, 2.45) is 0 Å². The van der Waals surface area contributed by atoms with Crippen LogP contribution in [0.3, 0.4) is 0 Å². The molecule has 0 aromatic heterocycles. The number of hydrogen-bond acceptors (Lipinski definition) is 2. The highest BCUT2D eigenvalue weighted by Crippen LogP contribution is 2.24. The molecular formula is C15H13F3N2OS. The number of ether oxygens (including phenoxy) is 1. The molecule has 0 unspecified atom stereocenters. The zero-order chi connectivity index (χ0) is 16.2. The van der Waals surface area contributed by atoms with Crippen molar-refractivity contribution in [1.82, 2.24) is 0 Å². The molecule has 0 aliphatic carbocycles. The Morgan fingerprint density at radius 2 is 1.64 bits per heavy atom. The Bertz CT molecular complexity index is 657. The zero-order valence-corrected chi connectivity index (χ0v) is 12.4. The SMILES string of the molecule is Cc1cccc(NC(=S)Nc2ccc(OC(F)(F)F)cc2)c1. The highest BCUT2D eigenvalue weighted by atomic mass is 32.1. The lowest BCUT2D eigenvalue weighted by Gasteiger charge is -2.12. The maximum atomic E-state index is 12.1. The van der Waals surface area contributed by atoms with Gasteiger partial charge in [0.25, 0.3) is 0 Å². The van der Waals surface area contributed by atoms with Gasteiger partial charge in [-0.2, -0.15) is 0 Å². The smallest absolute Gasteiger partial charge is 0.406 e. The quantitative estimate of drug-likeness (QED) is 0.801. The molecule has 0 spiro atoms. The molecule has 2 aromatic carbocycles. The standard InChI is InChI=1S/C15H13F3N2OS/c1-10-3-2-4-12(9-10)20-14(22)19-11-5-7-13(8-6-11)21-15(16,17)18/h2-9H,1H3,(H2,19,20,22). The van der Waals surface area contributed by atoms with E-state index in [0.29, 0.717) is 10.8 Å². The maximum absolute atomic E-state index is 12.1. The van der Waals surface area contributed by atoms with Crippen molar-refractivity contribution in [2.75, 3.05) is 10.6 Å². The molecule has 116 valence electrons. The Kier molecular flexibility index (Phi) is 4.87. The Balaban J connectivity index is 1.94. The molecule has 0 bridgehead atoms. The van der Waals surface area contributed by atoms with Crippen LogP contribution in [-0.4, -0.2) is 11.5 Å². The Hall–Kier alpha value is -2.28. The first-order valence-corrected chi connectivity index (χ1v) is 6.73. The molecule has 0 aliphatic heterocycles. The van der Waals surface area contributed by atoms with Crippen molar-refractivity contribution in [3.63, 3.8) is 0 Å². The van der Waals surface area contributed by atoms with E-state index in [2.05, 4.69) is 15.4 Å². The number of anilines is 2. The monoisotopic (exact) mass is 326 g/mol. The topological polar surface area (TPSA) is 33.3 Å². The fourth-order valence-electron chi connectivity index (χ4n) is 1.76. The van der Waals surface area contributed by atoms with Crippen molar-refractivity contribution >= 4 is 28.7 Å². The van der Waals surface area contributed by atoms with Crippen LogP contribution < -0.4 is 15.4 Å². The van der Waals surface area contributed by atoms with Crippen molar-refractivity contribution in [3.8, 4) is 5.75 Å². The van der Waals surface area contributed by atoms with Crippen LogP contribution in [-0.2, 0) is 0 Å². The van der Waals surface area contributed by atoms with E-state index in [4.69, 9.17) is 12.2 Å². The van der Waals surface area contributed by atoms with Crippen LogP contribution >= 0.6 is 12.2 Å². The number of thiocarbonyl (C=S) groups is 1. The summed E-state index contributed by atoms with van der Waals surface area (Å²) in [6, 6.07) is 13.0. The minimum Gasteiger partial charge on any atom is -0.406 e. The molecule has 0 fully saturated rings. The van der Waals surface area contributed by atoms with Crippen LogP contribution in [0.1, 0.15) is 5.56 Å². The van der Waals surface area contributed by atoms with E-state index in [1.807, 2.05) is 31.2 Å². The van der Waals surface area contributed by atoms with Crippen LogP contribution in [0.2, 0.25) is 0 Å². The third-order valence-electron chi connectivity index (χ3n) is 2.62. The highest BCUT2D eigenvalue weighted by Gasteiger charge is 2.30. The predicted octanol–water partition coefficient (Wildman–Crippen LogP) is 4.70. The highest BCUT2D eigenvalue weighted by molar-refractivity contribution is 7.80. The lowest BCUT2D eigenvalue weighted by atomic mass is 10.2. The molecule has 3 nitrogen and oxygen atoms in total. The Morgan fingerprint density at radius 3 is 2.23 bits per heavy atom. The third-order valence-corrected chi connectivity index (χ3v) is 2.83. The van der Waals surface area contributed by atoms with Gasteiger partial charge in [0, 0.05) is 11.4 Å². The number of halogens is 3. The van der Waals surface area contributed by atoms with E-state index in [1.165, 1.54) is 24.3 Å². The van der Waals surface area contributed by atoms with E-state index in [-0.39, 0.29) is 5.75 Å². The third kappa shape index (κ3) is 5.25. The van der Waals surface area contributed by atoms with E-state index >= 15 is 0 Å². The van der Waals surface area contributed by atoms with Crippen molar-refractivity contribution in [2.45, 2.75) is 13.3 Å². The summed E-state index contributed by atoms with van der Waals surface area (Å²) < 4.78 is 40.0. The summed E-state index contributed by atoms with van der Waals surface area (Å²) in [5, 5.41) is 6.22. The largest absolute Gasteiger partial charge is 0.573 e. The summed E-state index contributed by atoms with van der Waals surface area (Å²) in [5.74, 6) is -0.282. The number of nitrogens with one attached hydrogen (secondary N) is 2. The van der Waals surface area contributed by atoms with Crippen molar-refractivity contribution in [1.29, 1.82) is 0 Å². The molecular weight excluding hydrogens is 313 g/mol. The van der Waals surface area contributed by atoms with Gasteiger partial charge >= 0.3 is 6.36 Å². The van der Waals surface area contributed by atoms with Crippen LogP contribution in [0.5, 0.6) is 5.75 Å². The molecule has 0 radical (unpaired) electrons. The molecule has 2 N–H and O–H groups in total. The minimum absolute atomic E-state index is 0.282. The first-order chi connectivity index (χ1) is 10.3. The summed E-state index contributed by atoms with van der Waals surface area (Å²) in [5.41, 5.74) is 2.47. The summed E-state index contributed by atoms with van der Waals surface area (Å²) in [7, 11) is 0. The molecule has 0 saturated heterocycles. The van der Waals surface area contributed by atoms with Gasteiger partial charge in [-0.25, -0.2) is 0 Å². The lowest BCUT2D eigenvalue weighted by Crippen LogP contribution is -2.19. The normalized spacial score (nSPS) is 10.9. The van der Waals surface area contributed by atoms with Gasteiger partial charge in [-0.05, 0) is 61.1 Å². The fraction of sp³-hybridized carbons (Fsp3) is 0.133. The van der Waals surface area contributed by atoms with Crippen molar-refractivity contribution in [3.05, 3.63) is 54.1 Å². The minimum atomic E-state index is -4.70. The van der Waals surface area contributed by atoms with Crippen LogP contribution in [0.25, 0.3) is 0 Å².